The van der Waals surface area contributed by atoms with E-state index in [1.807, 2.05) is 38.6 Å². The zero-order valence-corrected chi connectivity index (χ0v) is 12.1. The molecule has 0 aliphatic carbocycles. The molecule has 104 valence electrons. The third-order valence-electron chi connectivity index (χ3n) is 3.85. The minimum atomic E-state index is -0.241. The van der Waals surface area contributed by atoms with E-state index in [0.717, 1.165) is 32.5 Å². The van der Waals surface area contributed by atoms with Crippen molar-refractivity contribution in [2.24, 2.45) is 5.41 Å². The molecule has 1 fully saturated rings. The number of carbonyl (C=O) groups excluding carboxylic acids is 1. The quantitative estimate of drug-likeness (QED) is 0.832. The van der Waals surface area contributed by atoms with Crippen molar-refractivity contribution in [1.29, 1.82) is 0 Å². The monoisotopic (exact) mass is 261 g/mol. The summed E-state index contributed by atoms with van der Waals surface area (Å²) in [5, 5.41) is 0. The highest BCUT2D eigenvalue weighted by molar-refractivity contribution is 5.82. The molecule has 4 nitrogen and oxygen atoms in total. The number of carbonyl (C=O) groups is 1. The number of likely N-dealkylation sites (tertiary alicyclic amines) is 1. The van der Waals surface area contributed by atoms with E-state index in [0.29, 0.717) is 0 Å². The van der Waals surface area contributed by atoms with Crippen molar-refractivity contribution < 1.29 is 4.79 Å². The third kappa shape index (κ3) is 3.32. The molecule has 0 N–H and O–H groups in total. The second-order valence-corrected chi connectivity index (χ2v) is 5.93. The van der Waals surface area contributed by atoms with Crippen LogP contribution in [0.5, 0.6) is 0 Å². The van der Waals surface area contributed by atoms with Gasteiger partial charge < -0.3 is 4.90 Å². The van der Waals surface area contributed by atoms with Gasteiger partial charge in [-0.1, -0.05) is 0 Å². The second kappa shape index (κ2) is 5.70. The number of aromatic nitrogens is 1. The number of nitrogens with zero attached hydrogens (tertiary/aromatic N) is 3. The summed E-state index contributed by atoms with van der Waals surface area (Å²) < 4.78 is 0. The predicted molar refractivity (Wildman–Crippen MR) is 75.5 cm³/mol. The van der Waals surface area contributed by atoms with Gasteiger partial charge in [0.25, 0.3) is 0 Å². The molecule has 0 bridgehead atoms. The minimum absolute atomic E-state index is 0.241. The van der Waals surface area contributed by atoms with E-state index >= 15 is 0 Å². The van der Waals surface area contributed by atoms with Crippen LogP contribution in [-0.4, -0.2) is 47.9 Å². The lowest BCUT2D eigenvalue weighted by Gasteiger charge is -2.40. The number of piperidine rings is 1. The molecule has 0 aromatic carbocycles. The molecule has 1 aromatic heterocycles. The molecule has 19 heavy (non-hydrogen) atoms. The Morgan fingerprint density at radius 3 is 2.74 bits per heavy atom. The predicted octanol–water partition coefficient (Wildman–Crippen LogP) is 1.77. The Balaban J connectivity index is 2.03. The van der Waals surface area contributed by atoms with E-state index in [1.165, 1.54) is 5.56 Å². The van der Waals surface area contributed by atoms with E-state index < -0.39 is 0 Å². The zero-order chi connectivity index (χ0) is 13.9. The van der Waals surface area contributed by atoms with E-state index in [-0.39, 0.29) is 11.3 Å². The summed E-state index contributed by atoms with van der Waals surface area (Å²) in [5.41, 5.74) is 1.02. The SMILES string of the molecule is CN(C)C(=O)[C@]1(C)CCCN(Cc2ccncc2)C1. The summed E-state index contributed by atoms with van der Waals surface area (Å²) in [6.45, 7) is 4.90. The third-order valence-corrected chi connectivity index (χ3v) is 3.85. The molecule has 0 unspecified atom stereocenters. The highest BCUT2D eigenvalue weighted by Crippen LogP contribution is 2.31. The maximum Gasteiger partial charge on any atom is 0.229 e. The lowest BCUT2D eigenvalue weighted by Crippen LogP contribution is -2.49. The molecule has 1 amide bonds. The van der Waals surface area contributed by atoms with E-state index in [1.54, 1.807) is 4.90 Å². The molecule has 1 atom stereocenters. The van der Waals surface area contributed by atoms with E-state index in [2.05, 4.69) is 16.8 Å². The summed E-state index contributed by atoms with van der Waals surface area (Å²) in [4.78, 5) is 20.4. The Morgan fingerprint density at radius 2 is 2.11 bits per heavy atom. The first-order valence-corrected chi connectivity index (χ1v) is 6.84. The van der Waals surface area contributed by atoms with Gasteiger partial charge in [-0.25, -0.2) is 0 Å². The van der Waals surface area contributed by atoms with Crippen molar-refractivity contribution in [3.05, 3.63) is 30.1 Å². The molecule has 0 spiro atoms. The summed E-state index contributed by atoms with van der Waals surface area (Å²) in [6.07, 6.45) is 5.71. The van der Waals surface area contributed by atoms with Crippen molar-refractivity contribution in [3.8, 4) is 0 Å². The van der Waals surface area contributed by atoms with Gasteiger partial charge in [0.1, 0.15) is 0 Å². The molecular formula is C15H23N3O. The fraction of sp³-hybridized carbons (Fsp3) is 0.600. The molecule has 1 saturated heterocycles. The van der Waals surface area contributed by atoms with Crippen LogP contribution in [0.1, 0.15) is 25.3 Å². The van der Waals surface area contributed by atoms with Crippen LogP contribution >= 0.6 is 0 Å². The first-order chi connectivity index (χ1) is 9.01. The first-order valence-electron chi connectivity index (χ1n) is 6.84. The lowest BCUT2D eigenvalue weighted by atomic mass is 9.80. The van der Waals surface area contributed by atoms with Gasteiger partial charge in [0, 0.05) is 39.6 Å². The molecule has 0 radical (unpaired) electrons. The number of rotatable bonds is 3. The normalized spacial score (nSPS) is 24.2. The second-order valence-electron chi connectivity index (χ2n) is 5.93. The van der Waals surface area contributed by atoms with Gasteiger partial charge in [-0.3, -0.25) is 14.7 Å². The maximum atomic E-state index is 12.3. The summed E-state index contributed by atoms with van der Waals surface area (Å²) in [6, 6.07) is 4.08. The molecule has 1 aromatic rings. The number of pyridine rings is 1. The Labute approximate surface area is 115 Å². The molecule has 4 heteroatoms. The molecular weight excluding hydrogens is 238 g/mol. The van der Waals surface area contributed by atoms with Crippen LogP contribution in [0.4, 0.5) is 0 Å². The smallest absolute Gasteiger partial charge is 0.229 e. The largest absolute Gasteiger partial charge is 0.348 e. The van der Waals surface area contributed by atoms with Crippen LogP contribution < -0.4 is 0 Å². The fourth-order valence-corrected chi connectivity index (χ4v) is 2.94. The van der Waals surface area contributed by atoms with Crippen molar-refractivity contribution in [2.75, 3.05) is 27.2 Å². The van der Waals surface area contributed by atoms with Crippen LogP contribution in [-0.2, 0) is 11.3 Å². The topological polar surface area (TPSA) is 36.4 Å². The van der Waals surface area contributed by atoms with Crippen LogP contribution in [0.2, 0.25) is 0 Å². The maximum absolute atomic E-state index is 12.3. The summed E-state index contributed by atoms with van der Waals surface area (Å²) in [5.74, 6) is 0.243. The highest BCUT2D eigenvalue weighted by Gasteiger charge is 2.38. The average Bonchev–Trinajstić information content (AvgIpc) is 2.39. The van der Waals surface area contributed by atoms with Crippen LogP contribution in [0.15, 0.2) is 24.5 Å². The van der Waals surface area contributed by atoms with Gasteiger partial charge in [0.15, 0.2) is 0 Å². The summed E-state index contributed by atoms with van der Waals surface area (Å²) in [7, 11) is 3.69. The summed E-state index contributed by atoms with van der Waals surface area (Å²) >= 11 is 0. The number of hydrogen-bond acceptors (Lipinski definition) is 3. The van der Waals surface area contributed by atoms with Gasteiger partial charge >= 0.3 is 0 Å². The Morgan fingerprint density at radius 1 is 1.42 bits per heavy atom. The number of amides is 1. The van der Waals surface area contributed by atoms with Gasteiger partial charge in [0.2, 0.25) is 5.91 Å². The lowest BCUT2D eigenvalue weighted by molar-refractivity contribution is -0.141. The zero-order valence-electron chi connectivity index (χ0n) is 12.1. The van der Waals surface area contributed by atoms with Gasteiger partial charge in [-0.2, -0.15) is 0 Å². The van der Waals surface area contributed by atoms with Crippen LogP contribution in [0, 0.1) is 5.41 Å². The van der Waals surface area contributed by atoms with Crippen molar-refractivity contribution in [2.45, 2.75) is 26.3 Å². The Hall–Kier alpha value is -1.42. The standard InChI is InChI=1S/C15H23N3O/c1-15(14(19)17(2)3)7-4-10-18(12-15)11-13-5-8-16-9-6-13/h5-6,8-9H,4,7,10-12H2,1-3H3/t15-/m1/s1. The van der Waals surface area contributed by atoms with Gasteiger partial charge in [-0.15, -0.1) is 0 Å². The average molecular weight is 261 g/mol. The van der Waals surface area contributed by atoms with Crippen LogP contribution in [0.25, 0.3) is 0 Å². The Kier molecular flexibility index (Phi) is 4.20. The molecule has 2 rings (SSSR count). The van der Waals surface area contributed by atoms with Gasteiger partial charge in [-0.05, 0) is 44.0 Å². The van der Waals surface area contributed by atoms with Crippen molar-refractivity contribution >= 4 is 5.91 Å². The fourth-order valence-electron chi connectivity index (χ4n) is 2.94. The number of hydrogen-bond donors (Lipinski definition) is 0. The van der Waals surface area contributed by atoms with E-state index in [4.69, 9.17) is 0 Å². The van der Waals surface area contributed by atoms with Crippen molar-refractivity contribution in [1.82, 2.24) is 14.8 Å². The first kappa shape index (κ1) is 14.0. The minimum Gasteiger partial charge on any atom is -0.348 e. The van der Waals surface area contributed by atoms with E-state index in [9.17, 15) is 4.79 Å². The van der Waals surface area contributed by atoms with Crippen LogP contribution in [0.3, 0.4) is 0 Å². The van der Waals surface area contributed by atoms with Crippen molar-refractivity contribution in [3.63, 3.8) is 0 Å². The Bertz CT molecular complexity index is 432. The molecule has 2 heterocycles. The molecule has 0 saturated carbocycles. The highest BCUT2D eigenvalue weighted by atomic mass is 16.2. The molecule has 1 aliphatic heterocycles. The molecule has 1 aliphatic rings. The van der Waals surface area contributed by atoms with Gasteiger partial charge in [0.05, 0.1) is 5.41 Å².